The first-order valence-electron chi connectivity index (χ1n) is 5.10. The molecule has 1 aromatic rings. The molecule has 100 valence electrons. The van der Waals surface area contributed by atoms with Crippen LogP contribution in [0.1, 0.15) is 6.92 Å². The number of carboxylic acids is 1. The van der Waals surface area contributed by atoms with Crippen molar-refractivity contribution in [2.75, 3.05) is 5.32 Å². The molecule has 0 bridgehead atoms. The molecule has 0 saturated heterocycles. The van der Waals surface area contributed by atoms with Gasteiger partial charge in [0, 0.05) is 18.8 Å². The number of nitrogens with zero attached hydrogens (tertiary/aromatic N) is 1. The van der Waals surface area contributed by atoms with Gasteiger partial charge in [-0.3, -0.25) is 9.79 Å². The molecule has 0 radical (unpaired) electrons. The van der Waals surface area contributed by atoms with E-state index in [0.717, 1.165) is 6.21 Å². The van der Waals surface area contributed by atoms with Gasteiger partial charge in [0.2, 0.25) is 5.91 Å². The minimum absolute atomic E-state index is 0.167. The zero-order valence-electron chi connectivity index (χ0n) is 9.85. The number of benzene rings is 1. The van der Waals surface area contributed by atoms with Gasteiger partial charge in [0.1, 0.15) is 5.03 Å². The Morgan fingerprint density at radius 2 is 1.84 bits per heavy atom. The van der Waals surface area contributed by atoms with Crippen LogP contribution in [0.5, 0.6) is 0 Å². The number of carbonyl (C=O) groups excluding carboxylic acids is 1. The molecule has 0 atom stereocenters. The lowest BCUT2D eigenvalue weighted by Crippen LogP contribution is -2.04. The Kier molecular flexibility index (Phi) is 5.54. The Bertz CT molecular complexity index is 551. The third kappa shape index (κ3) is 5.11. The molecule has 1 amide bonds. The summed E-state index contributed by atoms with van der Waals surface area (Å²) in [6.45, 7) is 1.41. The van der Waals surface area contributed by atoms with Gasteiger partial charge in [-0.15, -0.1) is 0 Å². The SMILES string of the molecule is CC(=O)Nc1ccc(N=CC(Cl)=C(Cl)C(=O)O)cc1. The highest BCUT2D eigenvalue weighted by Crippen LogP contribution is 2.18. The molecular weight excluding hydrogens is 291 g/mol. The van der Waals surface area contributed by atoms with Gasteiger partial charge in [0.15, 0.2) is 0 Å². The molecular formula is C12H10Cl2N2O3. The number of aliphatic carboxylic acids is 1. The third-order valence-corrected chi connectivity index (χ3v) is 2.66. The van der Waals surface area contributed by atoms with Crippen molar-refractivity contribution in [2.24, 2.45) is 4.99 Å². The molecule has 0 aliphatic rings. The Labute approximate surface area is 119 Å². The number of aliphatic imine (C=N–C) groups is 1. The summed E-state index contributed by atoms with van der Waals surface area (Å²) in [7, 11) is 0. The van der Waals surface area contributed by atoms with Crippen LogP contribution >= 0.6 is 23.2 Å². The molecule has 5 nitrogen and oxygen atoms in total. The van der Waals surface area contributed by atoms with Gasteiger partial charge < -0.3 is 10.4 Å². The summed E-state index contributed by atoms with van der Waals surface area (Å²) >= 11 is 11.1. The van der Waals surface area contributed by atoms with Gasteiger partial charge in [0.05, 0.1) is 10.7 Å². The highest BCUT2D eigenvalue weighted by Gasteiger charge is 2.07. The number of carboxylic acid groups (broad SMARTS) is 1. The van der Waals surface area contributed by atoms with Gasteiger partial charge >= 0.3 is 5.97 Å². The van der Waals surface area contributed by atoms with Gasteiger partial charge in [-0.2, -0.15) is 0 Å². The van der Waals surface area contributed by atoms with E-state index in [4.69, 9.17) is 28.3 Å². The van der Waals surface area contributed by atoms with E-state index in [-0.39, 0.29) is 10.9 Å². The summed E-state index contributed by atoms with van der Waals surface area (Å²) in [5, 5.41) is 10.5. The summed E-state index contributed by atoms with van der Waals surface area (Å²) < 4.78 is 0. The largest absolute Gasteiger partial charge is 0.477 e. The highest BCUT2D eigenvalue weighted by molar-refractivity contribution is 6.51. The van der Waals surface area contributed by atoms with Crippen LogP contribution in [0.15, 0.2) is 39.3 Å². The van der Waals surface area contributed by atoms with Crippen LogP contribution in [-0.4, -0.2) is 23.2 Å². The first-order chi connectivity index (χ1) is 8.90. The molecule has 1 rings (SSSR count). The lowest BCUT2D eigenvalue weighted by molar-refractivity contribution is -0.131. The quantitative estimate of drug-likeness (QED) is 0.662. The lowest BCUT2D eigenvalue weighted by Gasteiger charge is -2.01. The second kappa shape index (κ2) is 6.92. The molecule has 0 fully saturated rings. The molecule has 7 heteroatoms. The van der Waals surface area contributed by atoms with E-state index in [0.29, 0.717) is 11.4 Å². The molecule has 0 heterocycles. The number of carbonyl (C=O) groups is 2. The summed E-state index contributed by atoms with van der Waals surface area (Å²) in [4.78, 5) is 25.3. The number of hydrogen-bond acceptors (Lipinski definition) is 3. The Morgan fingerprint density at radius 1 is 1.26 bits per heavy atom. The van der Waals surface area contributed by atoms with E-state index in [2.05, 4.69) is 10.3 Å². The second-order valence-electron chi connectivity index (χ2n) is 3.45. The second-order valence-corrected chi connectivity index (χ2v) is 4.24. The number of hydrogen-bond donors (Lipinski definition) is 2. The van der Waals surface area contributed by atoms with Crippen molar-refractivity contribution in [3.05, 3.63) is 34.3 Å². The van der Waals surface area contributed by atoms with Crippen molar-refractivity contribution in [1.82, 2.24) is 0 Å². The van der Waals surface area contributed by atoms with E-state index in [9.17, 15) is 9.59 Å². The highest BCUT2D eigenvalue weighted by atomic mass is 35.5. The number of halogens is 2. The van der Waals surface area contributed by atoms with E-state index in [1.807, 2.05) is 0 Å². The fourth-order valence-corrected chi connectivity index (χ4v) is 1.30. The predicted molar refractivity (Wildman–Crippen MR) is 75.3 cm³/mol. The average Bonchev–Trinajstić information content (AvgIpc) is 2.35. The van der Waals surface area contributed by atoms with Crippen molar-refractivity contribution >= 4 is 52.7 Å². The molecule has 0 spiro atoms. The van der Waals surface area contributed by atoms with E-state index in [1.54, 1.807) is 24.3 Å². The Balaban J connectivity index is 2.81. The van der Waals surface area contributed by atoms with Gasteiger partial charge in [-0.1, -0.05) is 23.2 Å². The monoisotopic (exact) mass is 300 g/mol. The smallest absolute Gasteiger partial charge is 0.348 e. The van der Waals surface area contributed by atoms with Crippen molar-refractivity contribution in [1.29, 1.82) is 0 Å². The molecule has 0 aromatic heterocycles. The summed E-state index contributed by atoms with van der Waals surface area (Å²) in [5.74, 6) is -1.49. The van der Waals surface area contributed by atoms with Crippen molar-refractivity contribution in [3.8, 4) is 0 Å². The summed E-state index contributed by atoms with van der Waals surface area (Å²) in [6.07, 6.45) is 1.14. The normalized spacial score (nSPS) is 12.2. The fourth-order valence-electron chi connectivity index (χ4n) is 1.12. The zero-order chi connectivity index (χ0) is 14.4. The van der Waals surface area contributed by atoms with Gasteiger partial charge in [-0.25, -0.2) is 4.79 Å². The van der Waals surface area contributed by atoms with Gasteiger partial charge in [0.25, 0.3) is 0 Å². The van der Waals surface area contributed by atoms with Crippen LogP contribution in [0.25, 0.3) is 0 Å². The predicted octanol–water partition coefficient (Wildman–Crippen LogP) is 3.12. The van der Waals surface area contributed by atoms with Crippen LogP contribution in [0.4, 0.5) is 11.4 Å². The molecule has 0 unspecified atom stereocenters. The Hall–Kier alpha value is -1.85. The van der Waals surface area contributed by atoms with Crippen LogP contribution in [0.3, 0.4) is 0 Å². The number of rotatable bonds is 4. The molecule has 1 aromatic carbocycles. The Morgan fingerprint density at radius 3 is 2.32 bits per heavy atom. The average molecular weight is 301 g/mol. The summed E-state index contributed by atoms with van der Waals surface area (Å²) in [6, 6.07) is 6.59. The maximum atomic E-state index is 10.8. The number of amides is 1. The molecule has 2 N–H and O–H groups in total. The first-order valence-corrected chi connectivity index (χ1v) is 5.86. The molecule has 0 saturated carbocycles. The third-order valence-electron chi connectivity index (χ3n) is 1.91. The van der Waals surface area contributed by atoms with Crippen molar-refractivity contribution < 1.29 is 14.7 Å². The first kappa shape index (κ1) is 15.2. The molecule has 0 aliphatic heterocycles. The van der Waals surface area contributed by atoms with E-state index in [1.165, 1.54) is 6.92 Å². The maximum absolute atomic E-state index is 10.8. The fraction of sp³-hybridized carbons (Fsp3) is 0.0833. The zero-order valence-corrected chi connectivity index (χ0v) is 11.4. The van der Waals surface area contributed by atoms with Gasteiger partial charge in [-0.05, 0) is 24.3 Å². The molecule has 0 aliphatic carbocycles. The topological polar surface area (TPSA) is 78.8 Å². The molecule has 19 heavy (non-hydrogen) atoms. The van der Waals surface area contributed by atoms with E-state index >= 15 is 0 Å². The lowest BCUT2D eigenvalue weighted by atomic mass is 10.3. The van der Waals surface area contributed by atoms with Crippen molar-refractivity contribution in [3.63, 3.8) is 0 Å². The van der Waals surface area contributed by atoms with Crippen LogP contribution in [-0.2, 0) is 9.59 Å². The minimum atomic E-state index is -1.32. The summed E-state index contributed by atoms with van der Waals surface area (Å²) in [5.41, 5.74) is 1.18. The maximum Gasteiger partial charge on any atom is 0.348 e. The number of anilines is 1. The van der Waals surface area contributed by atoms with Crippen LogP contribution < -0.4 is 5.32 Å². The van der Waals surface area contributed by atoms with E-state index < -0.39 is 11.0 Å². The number of allylic oxidation sites excluding steroid dienone is 1. The van der Waals surface area contributed by atoms with Crippen LogP contribution in [0.2, 0.25) is 0 Å². The van der Waals surface area contributed by atoms with Crippen molar-refractivity contribution in [2.45, 2.75) is 6.92 Å². The van der Waals surface area contributed by atoms with Crippen LogP contribution in [0, 0.1) is 0 Å². The standard InChI is InChI=1S/C12H10Cl2N2O3/c1-7(17)16-9-4-2-8(3-5-9)15-6-10(13)11(14)12(18)19/h2-6H,1H3,(H,16,17)(H,18,19). The minimum Gasteiger partial charge on any atom is -0.477 e. The number of nitrogens with one attached hydrogen (secondary N) is 1.